The van der Waals surface area contributed by atoms with Crippen LogP contribution in [0.25, 0.3) is 0 Å². The lowest BCUT2D eigenvalue weighted by Crippen LogP contribution is -2.33. The van der Waals surface area contributed by atoms with E-state index in [1.54, 1.807) is 0 Å². The van der Waals surface area contributed by atoms with Gasteiger partial charge in [-0.25, -0.2) is 8.78 Å². The van der Waals surface area contributed by atoms with Crippen LogP contribution < -0.4 is 0 Å². The Morgan fingerprint density at radius 1 is 1.22 bits per heavy atom. The lowest BCUT2D eigenvalue weighted by molar-refractivity contribution is -0.385. The number of nitrogens with zero attached hydrogens (tertiary/aromatic N) is 2. The van der Waals surface area contributed by atoms with Crippen LogP contribution in [0.5, 0.6) is 0 Å². The molecule has 5 nitrogen and oxygen atoms in total. The molecule has 1 aliphatic heterocycles. The summed E-state index contributed by atoms with van der Waals surface area (Å²) in [6.45, 7) is 0.622. The second kappa shape index (κ2) is 8.22. The maximum Gasteiger partial charge on any atom is 0.282 e. The highest BCUT2D eigenvalue weighted by Crippen LogP contribution is 2.36. The molecule has 0 bridgehead atoms. The molecule has 2 aromatic rings. The van der Waals surface area contributed by atoms with Crippen molar-refractivity contribution in [1.29, 1.82) is 0 Å². The summed E-state index contributed by atoms with van der Waals surface area (Å²) in [6, 6.07) is 7.17. The minimum atomic E-state index is -0.624. The minimum absolute atomic E-state index is 0.0760. The normalized spacial score (nSPS) is 17.4. The molecule has 0 aromatic heterocycles. The summed E-state index contributed by atoms with van der Waals surface area (Å²) < 4.78 is 27.5. The Hall–Kier alpha value is -2.19. The second-order valence-corrected chi connectivity index (χ2v) is 7.77. The Morgan fingerprint density at radius 3 is 2.74 bits per heavy atom. The van der Waals surface area contributed by atoms with E-state index >= 15 is 0 Å². The number of thioether (sulfide) groups is 1. The molecule has 1 fully saturated rings. The fraction of sp³-hybridized carbons (Fsp3) is 0.278. The van der Waals surface area contributed by atoms with Crippen LogP contribution in [0, 0.1) is 21.7 Å². The van der Waals surface area contributed by atoms with Gasteiger partial charge in [0.1, 0.15) is 17.2 Å². The van der Waals surface area contributed by atoms with Crippen LogP contribution in [0.2, 0.25) is 5.02 Å². The number of rotatable bonds is 3. The van der Waals surface area contributed by atoms with Crippen molar-refractivity contribution in [2.24, 2.45) is 0 Å². The van der Waals surface area contributed by atoms with Crippen molar-refractivity contribution in [3.8, 4) is 0 Å². The molecule has 2 aromatic carbocycles. The van der Waals surface area contributed by atoms with Crippen LogP contribution in [0.3, 0.4) is 0 Å². The van der Waals surface area contributed by atoms with Crippen molar-refractivity contribution < 1.29 is 18.5 Å². The van der Waals surface area contributed by atoms with E-state index in [2.05, 4.69) is 0 Å². The summed E-state index contributed by atoms with van der Waals surface area (Å²) in [7, 11) is 0. The van der Waals surface area contributed by atoms with E-state index in [-0.39, 0.29) is 33.6 Å². The highest BCUT2D eigenvalue weighted by Gasteiger charge is 2.28. The first-order valence-corrected chi connectivity index (χ1v) is 9.59. The number of amides is 1. The molecule has 3 rings (SSSR count). The Balaban J connectivity index is 1.80. The molecule has 27 heavy (non-hydrogen) atoms. The molecule has 0 spiro atoms. The van der Waals surface area contributed by atoms with Gasteiger partial charge in [0.15, 0.2) is 0 Å². The molecule has 0 radical (unpaired) electrons. The van der Waals surface area contributed by atoms with E-state index in [0.717, 1.165) is 12.1 Å². The van der Waals surface area contributed by atoms with Crippen LogP contribution in [-0.2, 0) is 0 Å². The average molecular weight is 413 g/mol. The Morgan fingerprint density at radius 2 is 2.00 bits per heavy atom. The molecule has 1 atom stereocenters. The number of nitro groups is 1. The lowest BCUT2D eigenvalue weighted by Gasteiger charge is -2.20. The number of nitro benzene ring substituents is 1. The zero-order valence-electron chi connectivity index (χ0n) is 14.0. The summed E-state index contributed by atoms with van der Waals surface area (Å²) in [5, 5.41) is 11.1. The Kier molecular flexibility index (Phi) is 5.96. The third kappa shape index (κ3) is 4.39. The highest BCUT2D eigenvalue weighted by molar-refractivity contribution is 7.99. The highest BCUT2D eigenvalue weighted by atomic mass is 35.5. The SMILES string of the molecule is O=C(c1cc(Cl)ccc1[N+](=O)[O-])N1CCSC(c2cc(F)ccc2F)CC1. The maximum absolute atomic E-state index is 14.0. The number of carbonyl (C=O) groups is 1. The number of benzene rings is 2. The van der Waals surface area contributed by atoms with Crippen LogP contribution in [0.1, 0.15) is 27.6 Å². The van der Waals surface area contributed by atoms with E-state index in [4.69, 9.17) is 11.6 Å². The molecule has 1 amide bonds. The van der Waals surface area contributed by atoms with E-state index < -0.39 is 22.5 Å². The number of carbonyl (C=O) groups excluding carboxylic acids is 1. The predicted molar refractivity (Wildman–Crippen MR) is 100 cm³/mol. The van der Waals surface area contributed by atoms with Gasteiger partial charge in [-0.2, -0.15) is 11.8 Å². The molecule has 142 valence electrons. The van der Waals surface area contributed by atoms with Crippen molar-refractivity contribution in [1.82, 2.24) is 4.90 Å². The van der Waals surface area contributed by atoms with Crippen molar-refractivity contribution in [2.75, 3.05) is 18.8 Å². The molecule has 9 heteroatoms. The van der Waals surface area contributed by atoms with Gasteiger partial charge in [0.25, 0.3) is 11.6 Å². The Labute approximate surface area is 163 Å². The van der Waals surface area contributed by atoms with Crippen LogP contribution in [-0.4, -0.2) is 34.6 Å². The molecule has 0 N–H and O–H groups in total. The first kappa shape index (κ1) is 19.6. The van der Waals surface area contributed by atoms with Gasteiger partial charge in [-0.3, -0.25) is 14.9 Å². The third-order valence-electron chi connectivity index (χ3n) is 4.32. The topological polar surface area (TPSA) is 63.4 Å². The first-order valence-electron chi connectivity index (χ1n) is 8.16. The Bertz CT molecular complexity index is 897. The van der Waals surface area contributed by atoms with E-state index in [1.807, 2.05) is 0 Å². The largest absolute Gasteiger partial charge is 0.338 e. The first-order chi connectivity index (χ1) is 12.9. The fourth-order valence-corrected chi connectivity index (χ4v) is 4.41. The molecule has 1 heterocycles. The van der Waals surface area contributed by atoms with Gasteiger partial charge in [0, 0.05) is 40.7 Å². The third-order valence-corrected chi connectivity index (χ3v) is 5.86. The van der Waals surface area contributed by atoms with Gasteiger partial charge in [-0.1, -0.05) is 11.6 Å². The van der Waals surface area contributed by atoms with Crippen LogP contribution in [0.4, 0.5) is 14.5 Å². The zero-order valence-corrected chi connectivity index (χ0v) is 15.6. The number of hydrogen-bond donors (Lipinski definition) is 0. The summed E-state index contributed by atoms with van der Waals surface area (Å²) >= 11 is 7.33. The van der Waals surface area contributed by atoms with Crippen molar-refractivity contribution >= 4 is 35.0 Å². The quantitative estimate of drug-likeness (QED) is 0.534. The van der Waals surface area contributed by atoms with Crippen LogP contribution >= 0.6 is 23.4 Å². The molecule has 0 aliphatic carbocycles. The number of halogens is 3. The zero-order chi connectivity index (χ0) is 19.6. The second-order valence-electron chi connectivity index (χ2n) is 6.02. The van der Waals surface area contributed by atoms with Crippen molar-refractivity contribution in [3.63, 3.8) is 0 Å². The molecule has 1 saturated heterocycles. The maximum atomic E-state index is 14.0. The summed E-state index contributed by atoms with van der Waals surface area (Å²) in [6.07, 6.45) is 0.408. The monoisotopic (exact) mass is 412 g/mol. The van der Waals surface area contributed by atoms with Gasteiger partial charge in [0.2, 0.25) is 0 Å². The summed E-state index contributed by atoms with van der Waals surface area (Å²) in [4.78, 5) is 24.9. The molecular weight excluding hydrogens is 398 g/mol. The smallest absolute Gasteiger partial charge is 0.282 e. The molecule has 0 saturated carbocycles. The van der Waals surface area contributed by atoms with Gasteiger partial charge in [-0.05, 0) is 36.8 Å². The molecule has 1 aliphatic rings. The average Bonchev–Trinajstić information content (AvgIpc) is 2.89. The predicted octanol–water partition coefficient (Wildman–Crippen LogP) is 4.85. The van der Waals surface area contributed by atoms with Gasteiger partial charge in [-0.15, -0.1) is 0 Å². The van der Waals surface area contributed by atoms with Gasteiger partial charge < -0.3 is 4.90 Å². The summed E-state index contributed by atoms with van der Waals surface area (Å²) in [5.74, 6) is -0.996. The van der Waals surface area contributed by atoms with E-state index in [0.29, 0.717) is 18.7 Å². The number of hydrogen-bond acceptors (Lipinski definition) is 4. The molecule has 1 unspecified atom stereocenters. The lowest BCUT2D eigenvalue weighted by atomic mass is 10.1. The minimum Gasteiger partial charge on any atom is -0.338 e. The fourth-order valence-electron chi connectivity index (χ4n) is 2.99. The standard InChI is InChI=1S/C18H15ClF2N2O3S/c19-11-1-4-16(23(25)26)14(9-11)18(24)22-6-5-17(27-8-7-22)13-10-12(20)2-3-15(13)21/h1-4,9-10,17H,5-8H2. The summed E-state index contributed by atoms with van der Waals surface area (Å²) in [5.41, 5.74) is -0.120. The van der Waals surface area contributed by atoms with Crippen molar-refractivity contribution in [2.45, 2.75) is 11.7 Å². The van der Waals surface area contributed by atoms with E-state index in [9.17, 15) is 23.7 Å². The van der Waals surface area contributed by atoms with Gasteiger partial charge >= 0.3 is 0 Å². The molecular formula is C18H15ClF2N2O3S. The van der Waals surface area contributed by atoms with Crippen molar-refractivity contribution in [3.05, 3.63) is 74.3 Å². The van der Waals surface area contributed by atoms with E-state index in [1.165, 1.54) is 40.9 Å². The van der Waals surface area contributed by atoms with Gasteiger partial charge in [0.05, 0.1) is 4.92 Å². The van der Waals surface area contributed by atoms with Crippen LogP contribution in [0.15, 0.2) is 36.4 Å².